The van der Waals surface area contributed by atoms with E-state index in [-0.39, 0.29) is 11.2 Å². The Labute approximate surface area is 188 Å². The van der Waals surface area contributed by atoms with E-state index in [1.54, 1.807) is 23.1 Å². The summed E-state index contributed by atoms with van der Waals surface area (Å²) in [5, 5.41) is 15.3. The predicted molar refractivity (Wildman–Crippen MR) is 124 cm³/mol. The molecule has 2 aromatic rings. The lowest BCUT2D eigenvalue weighted by molar-refractivity contribution is -0.121. The van der Waals surface area contributed by atoms with Crippen LogP contribution in [0.3, 0.4) is 0 Å². The Morgan fingerprint density at radius 1 is 1.20 bits per heavy atom. The van der Waals surface area contributed by atoms with Crippen LogP contribution >= 0.6 is 23.1 Å². The zero-order chi connectivity index (χ0) is 20.9. The second-order valence-corrected chi connectivity index (χ2v) is 11.3. The molecule has 0 saturated heterocycles. The van der Waals surface area contributed by atoms with E-state index in [9.17, 15) is 4.79 Å². The number of amides is 1. The molecule has 30 heavy (non-hydrogen) atoms. The van der Waals surface area contributed by atoms with Gasteiger partial charge in [0.25, 0.3) is 0 Å². The highest BCUT2D eigenvalue weighted by Crippen LogP contribution is 2.35. The van der Waals surface area contributed by atoms with E-state index in [1.165, 1.54) is 56.2 Å². The molecule has 3 atom stereocenters. The maximum atomic E-state index is 12.9. The van der Waals surface area contributed by atoms with Gasteiger partial charge < -0.3 is 9.88 Å². The molecule has 0 aliphatic heterocycles. The third-order valence-electron chi connectivity index (χ3n) is 6.68. The number of nitrogens with zero attached hydrogens (tertiary/aromatic N) is 3. The Bertz CT molecular complexity index is 813. The highest BCUT2D eigenvalue weighted by Gasteiger charge is 2.28. The van der Waals surface area contributed by atoms with E-state index < -0.39 is 0 Å². The van der Waals surface area contributed by atoms with Crippen LogP contribution in [-0.2, 0) is 11.2 Å². The molecule has 164 valence electrons. The van der Waals surface area contributed by atoms with Crippen molar-refractivity contribution in [1.29, 1.82) is 0 Å². The van der Waals surface area contributed by atoms with Gasteiger partial charge in [0.2, 0.25) is 5.91 Å². The quantitative estimate of drug-likeness (QED) is 0.562. The summed E-state index contributed by atoms with van der Waals surface area (Å²) in [5.74, 6) is 1.75. The fraction of sp³-hybridized carbons (Fsp3) is 0.696. The third kappa shape index (κ3) is 5.28. The van der Waals surface area contributed by atoms with E-state index in [0.717, 1.165) is 23.8 Å². The number of thiophene rings is 1. The Hall–Kier alpha value is -1.34. The first-order valence-corrected chi connectivity index (χ1v) is 13.3. The molecule has 3 unspecified atom stereocenters. The summed E-state index contributed by atoms with van der Waals surface area (Å²) in [5.41, 5.74) is 0. The highest BCUT2D eigenvalue weighted by atomic mass is 32.2. The molecule has 2 saturated carbocycles. The predicted octanol–water partition coefficient (Wildman–Crippen LogP) is 5.61. The number of aromatic nitrogens is 3. The van der Waals surface area contributed by atoms with E-state index in [2.05, 4.69) is 44.5 Å². The summed E-state index contributed by atoms with van der Waals surface area (Å²) in [7, 11) is 0. The van der Waals surface area contributed by atoms with Crippen molar-refractivity contribution in [1.82, 2.24) is 20.1 Å². The monoisotopic (exact) mass is 446 g/mol. The zero-order valence-corrected chi connectivity index (χ0v) is 19.8. The lowest BCUT2D eigenvalue weighted by Crippen LogP contribution is -2.44. The number of hydrogen-bond acceptors (Lipinski definition) is 5. The molecule has 2 aliphatic carbocycles. The Balaban J connectivity index is 1.48. The van der Waals surface area contributed by atoms with Gasteiger partial charge in [-0.05, 0) is 50.0 Å². The van der Waals surface area contributed by atoms with Crippen LogP contribution in [0.4, 0.5) is 0 Å². The van der Waals surface area contributed by atoms with E-state index in [1.807, 2.05) is 6.92 Å². The van der Waals surface area contributed by atoms with Crippen molar-refractivity contribution in [2.75, 3.05) is 0 Å². The number of carbonyl (C=O) groups excluding carboxylic acids is 1. The number of rotatable bonds is 7. The first kappa shape index (κ1) is 21.9. The van der Waals surface area contributed by atoms with Gasteiger partial charge in [0.1, 0.15) is 5.82 Å². The third-order valence-corrected chi connectivity index (χ3v) is 8.61. The first-order chi connectivity index (χ1) is 14.6. The number of hydrogen-bond donors (Lipinski definition) is 1. The molecule has 2 fully saturated rings. The molecule has 7 heteroatoms. The number of carbonyl (C=O) groups is 1. The molecule has 2 aromatic heterocycles. The summed E-state index contributed by atoms with van der Waals surface area (Å²) < 4.78 is 2.36. The van der Waals surface area contributed by atoms with Crippen LogP contribution in [0.5, 0.6) is 0 Å². The fourth-order valence-electron chi connectivity index (χ4n) is 4.83. The standard InChI is InChI=1S/C23H34N4OS2/c1-16-9-6-7-13-20(16)24-22(28)17(2)30-23-26-25-21(15-19-12-8-14-29-19)27(23)18-10-4-3-5-11-18/h8,12,14,16-18,20H,3-7,9-11,13,15H2,1-2H3,(H,24,28). The molecule has 0 spiro atoms. The van der Waals surface area contributed by atoms with Crippen LogP contribution in [0.2, 0.25) is 0 Å². The molecular formula is C23H34N4OS2. The van der Waals surface area contributed by atoms with Crippen LogP contribution in [-0.4, -0.2) is 32.0 Å². The van der Waals surface area contributed by atoms with Gasteiger partial charge in [-0.2, -0.15) is 0 Å². The molecule has 2 heterocycles. The number of thioether (sulfide) groups is 1. The average molecular weight is 447 g/mol. The molecule has 4 rings (SSSR count). The minimum Gasteiger partial charge on any atom is -0.352 e. The van der Waals surface area contributed by atoms with Gasteiger partial charge in [0.15, 0.2) is 5.16 Å². The van der Waals surface area contributed by atoms with E-state index in [4.69, 9.17) is 0 Å². The van der Waals surface area contributed by atoms with Crippen molar-refractivity contribution < 1.29 is 4.79 Å². The second-order valence-electron chi connectivity index (χ2n) is 8.95. The second kappa shape index (κ2) is 10.3. The van der Waals surface area contributed by atoms with Gasteiger partial charge in [0.05, 0.1) is 5.25 Å². The molecule has 0 radical (unpaired) electrons. The van der Waals surface area contributed by atoms with Crippen molar-refractivity contribution in [3.05, 3.63) is 28.2 Å². The van der Waals surface area contributed by atoms with E-state index >= 15 is 0 Å². The topological polar surface area (TPSA) is 59.8 Å². The van der Waals surface area contributed by atoms with Gasteiger partial charge >= 0.3 is 0 Å². The average Bonchev–Trinajstić information content (AvgIpc) is 3.41. The minimum atomic E-state index is -0.166. The SMILES string of the molecule is CC(Sc1nnc(Cc2cccs2)n1C1CCCCC1)C(=O)NC1CCCCC1C. The maximum absolute atomic E-state index is 12.9. The molecular weight excluding hydrogens is 412 g/mol. The van der Waals surface area contributed by atoms with Crippen LogP contribution in [0.25, 0.3) is 0 Å². The normalized spacial score (nSPS) is 23.9. The van der Waals surface area contributed by atoms with Gasteiger partial charge in [-0.3, -0.25) is 4.79 Å². The van der Waals surface area contributed by atoms with Crippen molar-refractivity contribution in [3.63, 3.8) is 0 Å². The zero-order valence-electron chi connectivity index (χ0n) is 18.2. The Morgan fingerprint density at radius 3 is 2.70 bits per heavy atom. The maximum Gasteiger partial charge on any atom is 0.233 e. The van der Waals surface area contributed by atoms with Gasteiger partial charge in [0, 0.05) is 23.4 Å². The fourth-order valence-corrected chi connectivity index (χ4v) is 6.47. The minimum absolute atomic E-state index is 0.136. The Kier molecular flexibility index (Phi) is 7.52. The lowest BCUT2D eigenvalue weighted by atomic mass is 9.86. The molecule has 5 nitrogen and oxygen atoms in total. The van der Waals surface area contributed by atoms with Gasteiger partial charge in [-0.1, -0.05) is 56.9 Å². The number of nitrogens with one attached hydrogen (secondary N) is 1. The van der Waals surface area contributed by atoms with Gasteiger partial charge in [-0.25, -0.2) is 0 Å². The van der Waals surface area contributed by atoms with Crippen LogP contribution in [0.15, 0.2) is 22.7 Å². The molecule has 1 N–H and O–H groups in total. The summed E-state index contributed by atoms with van der Waals surface area (Å²) in [6, 6.07) is 5.04. The van der Waals surface area contributed by atoms with E-state index in [0.29, 0.717) is 18.0 Å². The summed E-state index contributed by atoms with van der Waals surface area (Å²) >= 11 is 3.34. The van der Waals surface area contributed by atoms with Crippen molar-refractivity contribution >= 4 is 29.0 Å². The molecule has 1 amide bonds. The molecule has 2 aliphatic rings. The van der Waals surface area contributed by atoms with Crippen molar-refractivity contribution in [3.8, 4) is 0 Å². The van der Waals surface area contributed by atoms with Crippen LogP contribution in [0, 0.1) is 5.92 Å². The van der Waals surface area contributed by atoms with Crippen molar-refractivity contribution in [2.45, 2.75) is 101 Å². The first-order valence-electron chi connectivity index (χ1n) is 11.5. The lowest BCUT2D eigenvalue weighted by Gasteiger charge is -2.30. The van der Waals surface area contributed by atoms with Crippen molar-refractivity contribution in [2.24, 2.45) is 5.92 Å². The molecule has 0 aromatic carbocycles. The summed E-state index contributed by atoms with van der Waals surface area (Å²) in [6.45, 7) is 4.27. The summed E-state index contributed by atoms with van der Waals surface area (Å²) in [4.78, 5) is 14.2. The van der Waals surface area contributed by atoms with Crippen LogP contribution in [0.1, 0.15) is 88.4 Å². The van der Waals surface area contributed by atoms with Crippen LogP contribution < -0.4 is 5.32 Å². The highest BCUT2D eigenvalue weighted by molar-refractivity contribution is 8.00. The summed E-state index contributed by atoms with van der Waals surface area (Å²) in [6.07, 6.45) is 11.9. The smallest absolute Gasteiger partial charge is 0.233 e. The van der Waals surface area contributed by atoms with Gasteiger partial charge in [-0.15, -0.1) is 21.5 Å². The molecule has 0 bridgehead atoms. The Morgan fingerprint density at radius 2 is 1.97 bits per heavy atom. The largest absolute Gasteiger partial charge is 0.352 e.